The van der Waals surface area contributed by atoms with Gasteiger partial charge in [0.15, 0.2) is 0 Å². The zero-order valence-corrected chi connectivity index (χ0v) is 11.0. The zero-order chi connectivity index (χ0) is 11.6. The first kappa shape index (κ1) is 12.4. The quantitative estimate of drug-likeness (QED) is 0.763. The lowest BCUT2D eigenvalue weighted by molar-refractivity contribution is 0.0405. The first-order valence-electron chi connectivity index (χ1n) is 7.25. The van der Waals surface area contributed by atoms with Gasteiger partial charge in [-0.05, 0) is 49.4 Å². The molecule has 0 aromatic rings. The fraction of sp³-hybridized carbons (Fsp3) is 1.00. The molecular weight excluding hydrogens is 196 g/mol. The molecule has 2 fully saturated rings. The molecule has 16 heavy (non-hydrogen) atoms. The van der Waals surface area contributed by atoms with Crippen LogP contribution < -0.4 is 0 Å². The molecule has 0 aromatic heterocycles. The lowest BCUT2D eigenvalue weighted by Gasteiger charge is -2.37. The lowest BCUT2D eigenvalue weighted by atomic mass is 9.71. The fourth-order valence-electron chi connectivity index (χ4n) is 3.59. The van der Waals surface area contributed by atoms with Crippen LogP contribution in [0.3, 0.4) is 0 Å². The predicted molar refractivity (Wildman–Crippen MR) is 68.3 cm³/mol. The Morgan fingerprint density at radius 2 is 1.62 bits per heavy atom. The van der Waals surface area contributed by atoms with Gasteiger partial charge < -0.3 is 5.11 Å². The van der Waals surface area contributed by atoms with E-state index in [4.69, 9.17) is 0 Å². The molecule has 1 nitrogen and oxygen atoms in total. The third-order valence-electron chi connectivity index (χ3n) is 4.98. The molecule has 2 saturated carbocycles. The van der Waals surface area contributed by atoms with Crippen LogP contribution in [0.15, 0.2) is 0 Å². The van der Waals surface area contributed by atoms with Crippen molar-refractivity contribution in [3.05, 3.63) is 0 Å². The molecule has 0 bridgehead atoms. The van der Waals surface area contributed by atoms with E-state index in [0.29, 0.717) is 11.3 Å². The second-order valence-corrected chi connectivity index (χ2v) is 6.96. The molecule has 0 aromatic carbocycles. The highest BCUT2D eigenvalue weighted by molar-refractivity contribution is 4.83. The average molecular weight is 224 g/mol. The van der Waals surface area contributed by atoms with E-state index in [1.807, 2.05) is 0 Å². The SMILES string of the molecule is CC1(C)CCC(C(O)CC2CCCC2)CC1. The maximum Gasteiger partial charge on any atom is 0.0571 e. The van der Waals surface area contributed by atoms with Crippen LogP contribution in [0.4, 0.5) is 0 Å². The van der Waals surface area contributed by atoms with E-state index < -0.39 is 0 Å². The molecule has 94 valence electrons. The van der Waals surface area contributed by atoms with E-state index in [0.717, 1.165) is 12.3 Å². The third kappa shape index (κ3) is 3.23. The molecule has 1 heteroatoms. The van der Waals surface area contributed by atoms with Gasteiger partial charge in [0.2, 0.25) is 0 Å². The monoisotopic (exact) mass is 224 g/mol. The van der Waals surface area contributed by atoms with Gasteiger partial charge in [0.05, 0.1) is 6.10 Å². The molecule has 0 heterocycles. The minimum absolute atomic E-state index is 0.000741. The van der Waals surface area contributed by atoms with Gasteiger partial charge in [-0.15, -0.1) is 0 Å². The van der Waals surface area contributed by atoms with Gasteiger partial charge in [-0.25, -0.2) is 0 Å². The van der Waals surface area contributed by atoms with Crippen molar-refractivity contribution in [1.29, 1.82) is 0 Å². The summed E-state index contributed by atoms with van der Waals surface area (Å²) in [5.41, 5.74) is 0.531. The normalized spacial score (nSPS) is 29.4. The summed E-state index contributed by atoms with van der Waals surface area (Å²) in [6, 6.07) is 0. The molecule has 0 spiro atoms. The number of aliphatic hydroxyl groups is 1. The topological polar surface area (TPSA) is 20.2 Å². The number of hydrogen-bond acceptors (Lipinski definition) is 1. The number of hydrogen-bond donors (Lipinski definition) is 1. The van der Waals surface area contributed by atoms with Crippen molar-refractivity contribution in [2.24, 2.45) is 17.3 Å². The highest BCUT2D eigenvalue weighted by Gasteiger charge is 2.31. The van der Waals surface area contributed by atoms with Crippen molar-refractivity contribution in [2.45, 2.75) is 77.7 Å². The highest BCUT2D eigenvalue weighted by Crippen LogP contribution is 2.41. The van der Waals surface area contributed by atoms with Crippen molar-refractivity contribution in [2.75, 3.05) is 0 Å². The minimum atomic E-state index is -0.000741. The maximum absolute atomic E-state index is 10.3. The summed E-state index contributed by atoms with van der Waals surface area (Å²) in [4.78, 5) is 0. The molecule has 2 aliphatic carbocycles. The molecule has 0 radical (unpaired) electrons. The molecule has 0 amide bonds. The van der Waals surface area contributed by atoms with Crippen molar-refractivity contribution < 1.29 is 5.11 Å². The zero-order valence-electron chi connectivity index (χ0n) is 11.0. The Labute approximate surface area is 101 Å². The van der Waals surface area contributed by atoms with Crippen molar-refractivity contribution in [3.63, 3.8) is 0 Å². The van der Waals surface area contributed by atoms with E-state index in [1.165, 1.54) is 51.4 Å². The summed E-state index contributed by atoms with van der Waals surface area (Å²) in [6.07, 6.45) is 11.7. The maximum atomic E-state index is 10.3. The predicted octanol–water partition coefficient (Wildman–Crippen LogP) is 4.14. The molecule has 2 rings (SSSR count). The standard InChI is InChI=1S/C15H28O/c1-15(2)9-7-13(8-10-15)14(16)11-12-5-3-4-6-12/h12-14,16H,3-11H2,1-2H3. The van der Waals surface area contributed by atoms with Crippen molar-refractivity contribution in [3.8, 4) is 0 Å². The van der Waals surface area contributed by atoms with E-state index >= 15 is 0 Å². The Kier molecular flexibility index (Phi) is 3.94. The smallest absolute Gasteiger partial charge is 0.0571 e. The molecule has 1 atom stereocenters. The molecule has 2 aliphatic rings. The van der Waals surface area contributed by atoms with Crippen LogP contribution in [0.1, 0.15) is 71.6 Å². The van der Waals surface area contributed by atoms with Gasteiger partial charge in [-0.2, -0.15) is 0 Å². The number of aliphatic hydroxyl groups excluding tert-OH is 1. The second-order valence-electron chi connectivity index (χ2n) is 6.96. The Morgan fingerprint density at radius 3 is 2.19 bits per heavy atom. The summed E-state index contributed by atoms with van der Waals surface area (Å²) in [6.45, 7) is 4.74. The van der Waals surface area contributed by atoms with Gasteiger partial charge >= 0.3 is 0 Å². The molecule has 0 saturated heterocycles. The van der Waals surface area contributed by atoms with E-state index in [1.54, 1.807) is 0 Å². The van der Waals surface area contributed by atoms with Crippen LogP contribution in [0.2, 0.25) is 0 Å². The van der Waals surface area contributed by atoms with Gasteiger partial charge in [0.1, 0.15) is 0 Å². The first-order valence-corrected chi connectivity index (χ1v) is 7.25. The number of rotatable bonds is 3. The summed E-state index contributed by atoms with van der Waals surface area (Å²) >= 11 is 0. The van der Waals surface area contributed by atoms with Gasteiger partial charge in [0.25, 0.3) is 0 Å². The largest absolute Gasteiger partial charge is 0.393 e. The van der Waals surface area contributed by atoms with Crippen molar-refractivity contribution in [1.82, 2.24) is 0 Å². The van der Waals surface area contributed by atoms with Gasteiger partial charge in [-0.3, -0.25) is 0 Å². The Morgan fingerprint density at radius 1 is 1.06 bits per heavy atom. The fourth-order valence-corrected chi connectivity index (χ4v) is 3.59. The Balaban J connectivity index is 1.75. The van der Waals surface area contributed by atoms with Crippen LogP contribution in [0, 0.1) is 17.3 Å². The Bertz CT molecular complexity index is 205. The van der Waals surface area contributed by atoms with Gasteiger partial charge in [0, 0.05) is 0 Å². The summed E-state index contributed by atoms with van der Waals surface area (Å²) in [5.74, 6) is 1.44. The highest BCUT2D eigenvalue weighted by atomic mass is 16.3. The lowest BCUT2D eigenvalue weighted by Crippen LogP contribution is -2.30. The molecule has 1 N–H and O–H groups in total. The van der Waals surface area contributed by atoms with Gasteiger partial charge in [-0.1, -0.05) is 39.5 Å². The third-order valence-corrected chi connectivity index (χ3v) is 4.98. The summed E-state index contributed by atoms with van der Waals surface area (Å²) in [5, 5.41) is 10.3. The minimum Gasteiger partial charge on any atom is -0.393 e. The molecule has 1 unspecified atom stereocenters. The summed E-state index contributed by atoms with van der Waals surface area (Å²) in [7, 11) is 0. The van der Waals surface area contributed by atoms with Crippen LogP contribution in [-0.2, 0) is 0 Å². The second kappa shape index (κ2) is 5.08. The first-order chi connectivity index (χ1) is 7.57. The van der Waals surface area contributed by atoms with Crippen LogP contribution in [0.25, 0.3) is 0 Å². The Hall–Kier alpha value is -0.0400. The van der Waals surface area contributed by atoms with Crippen LogP contribution in [0.5, 0.6) is 0 Å². The summed E-state index contributed by atoms with van der Waals surface area (Å²) < 4.78 is 0. The van der Waals surface area contributed by atoms with E-state index in [2.05, 4.69) is 13.8 Å². The van der Waals surface area contributed by atoms with E-state index in [-0.39, 0.29) is 6.10 Å². The molecule has 0 aliphatic heterocycles. The molecular formula is C15H28O. The van der Waals surface area contributed by atoms with E-state index in [9.17, 15) is 5.11 Å². The van der Waals surface area contributed by atoms with Crippen LogP contribution >= 0.6 is 0 Å². The van der Waals surface area contributed by atoms with Crippen LogP contribution in [-0.4, -0.2) is 11.2 Å². The average Bonchev–Trinajstić information content (AvgIpc) is 2.70. The van der Waals surface area contributed by atoms with Crippen molar-refractivity contribution >= 4 is 0 Å².